The molecule has 3 N–H and O–H groups in total. The molecule has 1 aliphatic heterocycles. The Hall–Kier alpha value is -10.6. The van der Waals surface area contributed by atoms with Gasteiger partial charge in [0, 0.05) is 127 Å². The Morgan fingerprint density at radius 1 is 0.462 bits per heavy atom. The summed E-state index contributed by atoms with van der Waals surface area (Å²) in [5.74, 6) is 2.32. The number of H-pyrrole nitrogens is 1. The first kappa shape index (κ1) is 107. The zero-order valence-electron chi connectivity index (χ0n) is 76.4. The molecule has 12 aromatic rings. The number of nitrogen functional groups attached to an aromatic ring is 1. The molecule has 1 aliphatic rings. The molecule has 4 aromatic heterocycles. The van der Waals surface area contributed by atoms with Gasteiger partial charge in [-0.15, -0.1) is 34.0 Å². The van der Waals surface area contributed by atoms with Crippen molar-refractivity contribution in [3.8, 4) is 77.7 Å². The van der Waals surface area contributed by atoms with Crippen LogP contribution in [-0.4, -0.2) is 189 Å². The molecule has 0 aliphatic carbocycles. The number of nitrogens with zero attached hydrogens (tertiary/aromatic N) is 6. The Labute approximate surface area is 797 Å². The van der Waals surface area contributed by atoms with Crippen LogP contribution in [0.4, 0.5) is 17.1 Å². The van der Waals surface area contributed by atoms with Crippen molar-refractivity contribution in [3.63, 3.8) is 0 Å². The monoisotopic (exact) mass is 2110 g/mol. The number of benzene rings is 8. The van der Waals surface area contributed by atoms with Gasteiger partial charge in [-0.1, -0.05) is 72.8 Å². The number of fused-ring (bicyclic) bond motifs is 1. The maximum atomic E-state index is 13.1. The van der Waals surface area contributed by atoms with Crippen molar-refractivity contribution in [3.05, 3.63) is 257 Å². The Balaban J connectivity index is 0.000000216. The van der Waals surface area contributed by atoms with Gasteiger partial charge < -0.3 is 65.3 Å². The normalized spacial score (nSPS) is 13.7. The van der Waals surface area contributed by atoms with E-state index in [1.807, 2.05) is 115 Å². The SMILES string of the molecule is CCOc1cc([C@@H](CS(C)(=O)=O)n2c(=O)[nH]c3c(-c4nccs4)cccc32)ccc1OC.CCOc1cc([C@H](Cc2cccc(-c3nccs3)c2N)CS(C)(=O)=O)ccc1OC.CCOc1cc([C@H](Cc2cccc(-c3nccs3)c2[N+](=O)[O-])CS(C)(=O)=O)ccc1OC.CCOc1cc([C@H](Cc2cccc(B3OC(C)(C)C(C)(C)O3)c2[N+](=O)[O-])CS(C)(=O)=O)ccc1OC.[CH3-].[W]. The van der Waals surface area contributed by atoms with Gasteiger partial charge in [0.2, 0.25) is 0 Å². The number of nitrogens with two attached hydrogens (primary N) is 1. The number of ether oxygens (including phenoxy) is 8. The molecular formula is C92H110BN8O23S7W-. The molecule has 1 fully saturated rings. The number of rotatable bonds is 37. The van der Waals surface area contributed by atoms with Gasteiger partial charge in [-0.3, -0.25) is 24.8 Å². The minimum atomic E-state index is -3.43. The van der Waals surface area contributed by atoms with E-state index >= 15 is 0 Å². The van der Waals surface area contributed by atoms with Gasteiger partial charge in [0.1, 0.15) is 54.4 Å². The summed E-state index contributed by atoms with van der Waals surface area (Å²) in [5.41, 5.74) is 13.4. The second-order valence-electron chi connectivity index (χ2n) is 31.6. The minimum Gasteiger partial charge on any atom is -0.493 e. The van der Waals surface area contributed by atoms with Crippen LogP contribution in [0, 0.1) is 27.7 Å². The van der Waals surface area contributed by atoms with E-state index in [9.17, 15) is 58.7 Å². The van der Waals surface area contributed by atoms with Crippen LogP contribution in [0.25, 0.3) is 42.7 Å². The van der Waals surface area contributed by atoms with Crippen LogP contribution in [0.1, 0.15) is 118 Å². The summed E-state index contributed by atoms with van der Waals surface area (Å²) in [7, 11) is -8.19. The number of methoxy groups -OCH3 is 4. The molecule has 0 unspecified atom stereocenters. The van der Waals surface area contributed by atoms with Crippen LogP contribution in [-0.2, 0) is 89.0 Å². The molecule has 40 heteroatoms. The van der Waals surface area contributed by atoms with Gasteiger partial charge in [0.25, 0.3) is 11.4 Å². The van der Waals surface area contributed by atoms with Gasteiger partial charge in [0.05, 0.1) is 127 Å². The summed E-state index contributed by atoms with van der Waals surface area (Å²) < 4.78 is 156. The third-order valence-electron chi connectivity index (χ3n) is 21.5. The largest absolute Gasteiger partial charge is 0.501 e. The molecule has 31 nitrogen and oxygen atoms in total. The van der Waals surface area contributed by atoms with E-state index < -0.39 is 91.1 Å². The Morgan fingerprint density at radius 3 is 1.17 bits per heavy atom. The quantitative estimate of drug-likeness (QED) is 0.0120. The van der Waals surface area contributed by atoms with E-state index in [0.717, 1.165) is 51.0 Å². The molecule has 5 heterocycles. The van der Waals surface area contributed by atoms with Crippen molar-refractivity contribution >= 4 is 114 Å². The van der Waals surface area contributed by atoms with E-state index in [1.165, 1.54) is 66.2 Å². The van der Waals surface area contributed by atoms with Crippen molar-refractivity contribution < 1.29 is 112 Å². The molecule has 0 amide bonds. The molecule has 0 spiro atoms. The fourth-order valence-corrected chi connectivity index (χ4v) is 21.2. The number of aromatic nitrogens is 5. The van der Waals surface area contributed by atoms with Crippen LogP contribution in [0.5, 0.6) is 46.0 Å². The van der Waals surface area contributed by atoms with Crippen LogP contribution in [0.15, 0.2) is 185 Å². The zero-order chi connectivity index (χ0) is 94.8. The first-order chi connectivity index (χ1) is 61.6. The van der Waals surface area contributed by atoms with Gasteiger partial charge in [-0.2, -0.15) is 0 Å². The number of para-hydroxylation sites is 4. The fraction of sp³-hybridized carbons (Fsp3) is 0.359. The molecule has 0 bridgehead atoms. The van der Waals surface area contributed by atoms with Gasteiger partial charge in [-0.25, -0.2) is 53.4 Å². The molecule has 1 saturated heterocycles. The van der Waals surface area contributed by atoms with Crippen molar-refractivity contribution in [2.75, 3.05) is 109 Å². The topological polar surface area (TPSA) is 418 Å². The van der Waals surface area contributed by atoms with Gasteiger partial charge >= 0.3 is 12.8 Å². The number of sulfone groups is 4. The van der Waals surface area contributed by atoms with Crippen molar-refractivity contribution in [2.45, 2.75) is 110 Å². The molecule has 4 atom stereocenters. The summed E-state index contributed by atoms with van der Waals surface area (Å²) in [6.45, 7) is 16.7. The standard InChI is InChI=1S/C25H34BNO8S.C22H23N3O5S2.C22H24N2O6S2.C22H26N2O4S2.CH3.W/c1-8-33-22-15-17(12-13-21(22)32-6)19(16-36(7,30)31)14-18-10-9-11-20(23(18)27(28)29)26-34-24(2,3)25(4,5)35-26;1-4-30-19-12-14(8-9-18(19)29-2)17(13-32(3,27)28)25-16-7-5-6-15(20(16)24-22(25)26)21-23-10-11-31-21;1-4-30-20-13-15(8-9-19(20)29-2)17(14-32(3,27)28)12-16-6-5-7-18(21(16)24(25)26)22-23-10-11-31-22;1-4-28-20-13-15(8-9-19(20)27-2)17(14-30(3,25)26)12-16-6-5-7-18(21(16)23)22-24-10-11-29-22;;/h9-13,15,19H,8,14,16H2,1-7H3;5-12,17H,4,13H2,1-3H3,(H,24,26);5-11,13,17H,4,12,14H2,1-3H3;5-11,13,17H,4,12,14,23H2,1-3H3;1H3;/q;;;;-1;/t19-;3*17-;;/m1111../s1. The predicted molar refractivity (Wildman–Crippen MR) is 518 cm³/mol. The molecule has 0 radical (unpaired) electrons. The molecule has 132 heavy (non-hydrogen) atoms. The predicted octanol–water partition coefficient (Wildman–Crippen LogP) is 16.3. The van der Waals surface area contributed by atoms with E-state index in [4.69, 9.17) is 52.9 Å². The molecule has 708 valence electrons. The smallest absolute Gasteiger partial charge is 0.493 e. The van der Waals surface area contributed by atoms with E-state index in [-0.39, 0.29) is 81.6 Å². The number of hydrogen-bond donors (Lipinski definition) is 2. The van der Waals surface area contributed by atoms with Crippen molar-refractivity contribution in [2.24, 2.45) is 0 Å². The minimum absolute atomic E-state index is 0. The van der Waals surface area contributed by atoms with Gasteiger partial charge in [-0.05, 0) is 175 Å². The average molecular weight is 2120 g/mol. The third kappa shape index (κ3) is 27.8. The number of aromatic amines is 1. The number of thiazole rings is 3. The molecule has 0 saturated carbocycles. The number of nitrogens with one attached hydrogen (secondary N) is 1. The Kier molecular flexibility index (Phi) is 37.9. The van der Waals surface area contributed by atoms with Crippen LogP contribution < -0.4 is 54.8 Å². The average Bonchev–Trinajstić information content (AvgIpc) is 1.61. The number of nitro groups is 2. The summed E-state index contributed by atoms with van der Waals surface area (Å²) in [6.07, 6.45) is 10.5. The second-order valence-corrected chi connectivity index (χ2v) is 43.0. The zero-order valence-corrected chi connectivity index (χ0v) is 85.1. The number of anilines is 1. The summed E-state index contributed by atoms with van der Waals surface area (Å²) >= 11 is 4.29. The van der Waals surface area contributed by atoms with Crippen molar-refractivity contribution in [1.82, 2.24) is 24.5 Å². The molecule has 13 rings (SSSR count). The molecule has 8 aromatic carbocycles. The van der Waals surface area contributed by atoms with Crippen LogP contribution in [0.3, 0.4) is 0 Å². The number of nitro benzene ring substituents is 2. The maximum absolute atomic E-state index is 13.1. The fourth-order valence-electron chi connectivity index (χ4n) is 15.1. The Morgan fingerprint density at radius 2 is 0.795 bits per heavy atom. The number of imidazole rings is 1. The van der Waals surface area contributed by atoms with E-state index in [1.54, 1.807) is 128 Å². The summed E-state index contributed by atoms with van der Waals surface area (Å²) in [5, 5.41) is 32.0. The summed E-state index contributed by atoms with van der Waals surface area (Å²) in [6, 6.07) is 41.8. The second kappa shape index (κ2) is 46.8. The summed E-state index contributed by atoms with van der Waals surface area (Å²) in [4.78, 5) is 52.3. The number of hydrogen-bond acceptors (Lipinski definition) is 30. The Bertz CT molecular complexity index is 6470. The first-order valence-corrected chi connectivity index (χ1v) is 52.1. The third-order valence-corrected chi connectivity index (χ3v) is 27.9. The van der Waals surface area contributed by atoms with Crippen molar-refractivity contribution in [1.29, 1.82) is 0 Å². The van der Waals surface area contributed by atoms with E-state index in [0.29, 0.717) is 139 Å². The first-order valence-electron chi connectivity index (χ1n) is 41.2. The van der Waals surface area contributed by atoms with Gasteiger partial charge in [0.15, 0.2) is 46.0 Å². The van der Waals surface area contributed by atoms with Crippen LogP contribution >= 0.6 is 34.0 Å². The van der Waals surface area contributed by atoms with E-state index in [2.05, 4.69) is 19.9 Å². The van der Waals surface area contributed by atoms with Crippen LogP contribution in [0.2, 0.25) is 0 Å². The molecular weight excluding hydrogens is 2000 g/mol. The maximum Gasteiger partial charge on any atom is 0.501 e.